The second-order valence-electron chi connectivity index (χ2n) is 5.95. The molecule has 0 saturated heterocycles. The molecule has 22 heavy (non-hydrogen) atoms. The van der Waals surface area contributed by atoms with E-state index in [0.29, 0.717) is 13.1 Å². The van der Waals surface area contributed by atoms with Gasteiger partial charge in [0.15, 0.2) is 0 Å². The number of hydrogen-bond donors (Lipinski definition) is 1. The highest BCUT2D eigenvalue weighted by molar-refractivity contribution is 5.70. The lowest BCUT2D eigenvalue weighted by Crippen LogP contribution is -2.31. The van der Waals surface area contributed by atoms with Crippen LogP contribution in [0.5, 0.6) is 0 Å². The fourth-order valence-electron chi connectivity index (χ4n) is 2.61. The first kappa shape index (κ1) is 16.1. The van der Waals surface area contributed by atoms with E-state index in [1.807, 2.05) is 18.2 Å². The average molecular weight is 297 g/mol. The van der Waals surface area contributed by atoms with Crippen molar-refractivity contribution in [3.8, 4) is 0 Å². The van der Waals surface area contributed by atoms with Gasteiger partial charge in [0.25, 0.3) is 0 Å². The van der Waals surface area contributed by atoms with Crippen molar-refractivity contribution in [3.05, 3.63) is 65.2 Å². The van der Waals surface area contributed by atoms with Crippen molar-refractivity contribution >= 4 is 11.7 Å². The Morgan fingerprint density at radius 3 is 2.23 bits per heavy atom. The Balaban J connectivity index is 2.29. The number of nitrogens with zero attached hydrogens (tertiary/aromatic N) is 1. The van der Waals surface area contributed by atoms with Crippen LogP contribution < -0.4 is 4.90 Å². The summed E-state index contributed by atoms with van der Waals surface area (Å²) in [7, 11) is 0. The van der Waals surface area contributed by atoms with Gasteiger partial charge in [0.05, 0.1) is 5.92 Å². The molecule has 0 spiro atoms. The smallest absolute Gasteiger partial charge is 0.308 e. The van der Waals surface area contributed by atoms with E-state index in [1.54, 1.807) is 6.92 Å². The van der Waals surface area contributed by atoms with Crippen LogP contribution in [0.1, 0.15) is 23.6 Å². The standard InChI is InChI=1S/C19H23NO2/c1-14-9-15(2)11-18(10-14)20(12-16(3)19(21)22)13-17-7-5-4-6-8-17/h4-11,16H,12-13H2,1-3H3,(H,21,22). The van der Waals surface area contributed by atoms with Crippen molar-refractivity contribution in [2.24, 2.45) is 5.92 Å². The number of benzene rings is 2. The zero-order chi connectivity index (χ0) is 16.1. The summed E-state index contributed by atoms with van der Waals surface area (Å²) in [6, 6.07) is 16.5. The molecule has 1 N–H and O–H groups in total. The quantitative estimate of drug-likeness (QED) is 0.875. The number of carbonyl (C=O) groups is 1. The van der Waals surface area contributed by atoms with E-state index in [2.05, 4.69) is 49.1 Å². The molecule has 0 amide bonds. The predicted molar refractivity (Wildman–Crippen MR) is 90.2 cm³/mol. The molecule has 0 aliphatic rings. The number of carboxylic acids is 1. The van der Waals surface area contributed by atoms with E-state index in [1.165, 1.54) is 16.7 Å². The van der Waals surface area contributed by atoms with Crippen molar-refractivity contribution in [1.82, 2.24) is 0 Å². The number of hydrogen-bond acceptors (Lipinski definition) is 2. The third kappa shape index (κ3) is 4.35. The van der Waals surface area contributed by atoms with Gasteiger partial charge in [-0.2, -0.15) is 0 Å². The molecular weight excluding hydrogens is 274 g/mol. The van der Waals surface area contributed by atoms with Gasteiger partial charge in [-0.05, 0) is 42.7 Å². The van der Waals surface area contributed by atoms with Gasteiger partial charge in [-0.3, -0.25) is 4.79 Å². The molecule has 0 aromatic heterocycles. The van der Waals surface area contributed by atoms with Crippen molar-refractivity contribution in [1.29, 1.82) is 0 Å². The third-order valence-electron chi connectivity index (χ3n) is 3.70. The first-order valence-electron chi connectivity index (χ1n) is 7.55. The van der Waals surface area contributed by atoms with Crippen molar-refractivity contribution in [3.63, 3.8) is 0 Å². The van der Waals surface area contributed by atoms with Crippen LogP contribution in [0.2, 0.25) is 0 Å². The maximum Gasteiger partial charge on any atom is 0.308 e. The largest absolute Gasteiger partial charge is 0.481 e. The summed E-state index contributed by atoms with van der Waals surface area (Å²) in [4.78, 5) is 13.4. The lowest BCUT2D eigenvalue weighted by molar-refractivity contribution is -0.140. The molecule has 2 rings (SSSR count). The Hall–Kier alpha value is -2.29. The van der Waals surface area contributed by atoms with Crippen molar-refractivity contribution < 1.29 is 9.90 Å². The number of rotatable bonds is 6. The monoisotopic (exact) mass is 297 g/mol. The lowest BCUT2D eigenvalue weighted by atomic mass is 10.1. The van der Waals surface area contributed by atoms with Crippen LogP contribution in [0.4, 0.5) is 5.69 Å². The first-order chi connectivity index (χ1) is 10.5. The van der Waals surface area contributed by atoms with Crippen LogP contribution in [0.25, 0.3) is 0 Å². The minimum absolute atomic E-state index is 0.412. The molecule has 0 aliphatic heterocycles. The summed E-state index contributed by atoms with van der Waals surface area (Å²) in [5, 5.41) is 9.23. The summed E-state index contributed by atoms with van der Waals surface area (Å²) in [5.41, 5.74) is 4.64. The number of carboxylic acid groups (broad SMARTS) is 1. The fraction of sp³-hybridized carbons (Fsp3) is 0.316. The van der Waals surface area contributed by atoms with E-state index in [-0.39, 0.29) is 0 Å². The molecule has 3 nitrogen and oxygen atoms in total. The van der Waals surface area contributed by atoms with E-state index in [4.69, 9.17) is 0 Å². The summed E-state index contributed by atoms with van der Waals surface area (Å²) >= 11 is 0. The van der Waals surface area contributed by atoms with Crippen molar-refractivity contribution in [2.45, 2.75) is 27.3 Å². The van der Waals surface area contributed by atoms with E-state index in [9.17, 15) is 9.90 Å². The summed E-state index contributed by atoms with van der Waals surface area (Å²) in [5.74, 6) is -1.17. The zero-order valence-electron chi connectivity index (χ0n) is 13.4. The van der Waals surface area contributed by atoms with Gasteiger partial charge in [0.1, 0.15) is 0 Å². The topological polar surface area (TPSA) is 40.5 Å². The molecule has 116 valence electrons. The zero-order valence-corrected chi connectivity index (χ0v) is 13.4. The number of anilines is 1. The molecule has 0 aliphatic carbocycles. The summed E-state index contributed by atoms with van der Waals surface area (Å²) < 4.78 is 0. The maximum atomic E-state index is 11.2. The Morgan fingerprint density at radius 1 is 1.09 bits per heavy atom. The Morgan fingerprint density at radius 2 is 1.68 bits per heavy atom. The van der Waals surface area contributed by atoms with Crippen LogP contribution >= 0.6 is 0 Å². The fourth-order valence-corrected chi connectivity index (χ4v) is 2.61. The molecule has 1 unspecified atom stereocenters. The van der Waals surface area contributed by atoms with Crippen LogP contribution in [-0.4, -0.2) is 17.6 Å². The molecule has 2 aromatic rings. The van der Waals surface area contributed by atoms with Crippen LogP contribution in [0.15, 0.2) is 48.5 Å². The lowest BCUT2D eigenvalue weighted by Gasteiger charge is -2.27. The Labute approximate surface area is 132 Å². The second kappa shape index (κ2) is 7.12. The van der Waals surface area contributed by atoms with Gasteiger partial charge in [0.2, 0.25) is 0 Å². The highest BCUT2D eigenvalue weighted by atomic mass is 16.4. The SMILES string of the molecule is Cc1cc(C)cc(N(Cc2ccccc2)CC(C)C(=O)O)c1. The molecular formula is C19H23NO2. The molecule has 1 atom stereocenters. The van der Waals surface area contributed by atoms with Crippen LogP contribution in [0, 0.1) is 19.8 Å². The average Bonchev–Trinajstić information content (AvgIpc) is 2.46. The highest BCUT2D eigenvalue weighted by Crippen LogP contribution is 2.22. The summed E-state index contributed by atoms with van der Waals surface area (Å²) in [6.07, 6.45) is 0. The minimum Gasteiger partial charge on any atom is -0.481 e. The number of aliphatic carboxylic acids is 1. The van der Waals surface area contributed by atoms with Crippen molar-refractivity contribution in [2.75, 3.05) is 11.4 Å². The molecule has 2 aromatic carbocycles. The van der Waals surface area contributed by atoms with Crippen LogP contribution in [-0.2, 0) is 11.3 Å². The normalized spacial score (nSPS) is 12.0. The molecule has 0 heterocycles. The van der Waals surface area contributed by atoms with E-state index < -0.39 is 11.9 Å². The number of aryl methyl sites for hydroxylation is 2. The molecule has 3 heteroatoms. The van der Waals surface area contributed by atoms with E-state index in [0.717, 1.165) is 5.69 Å². The maximum absolute atomic E-state index is 11.2. The molecule has 0 fully saturated rings. The van der Waals surface area contributed by atoms with Gasteiger partial charge < -0.3 is 10.0 Å². The van der Waals surface area contributed by atoms with Crippen LogP contribution in [0.3, 0.4) is 0 Å². The van der Waals surface area contributed by atoms with Gasteiger partial charge in [-0.25, -0.2) is 0 Å². The third-order valence-corrected chi connectivity index (χ3v) is 3.70. The minimum atomic E-state index is -0.762. The van der Waals surface area contributed by atoms with E-state index >= 15 is 0 Å². The van der Waals surface area contributed by atoms with Gasteiger partial charge in [0, 0.05) is 18.8 Å². The highest BCUT2D eigenvalue weighted by Gasteiger charge is 2.17. The molecule has 0 radical (unpaired) electrons. The summed E-state index contributed by atoms with van der Waals surface area (Å²) in [6.45, 7) is 7.09. The van der Waals surface area contributed by atoms with Gasteiger partial charge in [-0.15, -0.1) is 0 Å². The van der Waals surface area contributed by atoms with Gasteiger partial charge in [-0.1, -0.05) is 43.3 Å². The predicted octanol–water partition coefficient (Wildman–Crippen LogP) is 4.03. The Bertz CT molecular complexity index is 617. The van der Waals surface area contributed by atoms with Gasteiger partial charge >= 0.3 is 5.97 Å². The molecule has 0 bridgehead atoms. The first-order valence-corrected chi connectivity index (χ1v) is 7.55. The Kier molecular flexibility index (Phi) is 5.21. The molecule has 0 saturated carbocycles. The second-order valence-corrected chi connectivity index (χ2v) is 5.95.